The van der Waals surface area contributed by atoms with Crippen molar-refractivity contribution in [3.05, 3.63) is 44.0 Å². The van der Waals surface area contributed by atoms with E-state index in [1.165, 1.54) is 23.7 Å². The standard InChI is InChI=1S/C20H20ClN3O3S2/c1-10(17(25)22-13-9-11(21)7-8-14(13)27-3)28-20-23-18-16(19(26)24(20)2)12-5-4-6-15(12)29-18/h7-10H,4-6H2,1-3H3,(H,22,25). The fourth-order valence-corrected chi connectivity index (χ4v) is 5.78. The molecule has 6 nitrogen and oxygen atoms in total. The molecule has 9 heteroatoms. The number of carbonyl (C=O) groups excluding carboxylic acids is 1. The van der Waals surface area contributed by atoms with E-state index in [-0.39, 0.29) is 11.5 Å². The highest BCUT2D eigenvalue weighted by Crippen LogP contribution is 2.36. The molecule has 0 bridgehead atoms. The largest absolute Gasteiger partial charge is 0.495 e. The summed E-state index contributed by atoms with van der Waals surface area (Å²) in [5.74, 6) is 0.304. The normalized spacial score (nSPS) is 14.1. The summed E-state index contributed by atoms with van der Waals surface area (Å²) in [6.45, 7) is 1.78. The molecule has 152 valence electrons. The Bertz CT molecular complexity index is 1170. The first kappa shape index (κ1) is 20.3. The second-order valence-corrected chi connectivity index (χ2v) is 9.72. The van der Waals surface area contributed by atoms with E-state index in [0.717, 1.165) is 35.0 Å². The van der Waals surface area contributed by atoms with Gasteiger partial charge in [-0.1, -0.05) is 23.4 Å². The molecule has 0 saturated carbocycles. The van der Waals surface area contributed by atoms with Crippen molar-refractivity contribution in [3.63, 3.8) is 0 Å². The van der Waals surface area contributed by atoms with Crippen molar-refractivity contribution >= 4 is 56.5 Å². The summed E-state index contributed by atoms with van der Waals surface area (Å²) >= 11 is 8.89. The summed E-state index contributed by atoms with van der Waals surface area (Å²) in [6, 6.07) is 5.04. The van der Waals surface area contributed by atoms with Crippen LogP contribution in [0.25, 0.3) is 10.2 Å². The van der Waals surface area contributed by atoms with Crippen molar-refractivity contribution in [3.8, 4) is 5.75 Å². The zero-order chi connectivity index (χ0) is 20.7. The average molecular weight is 450 g/mol. The third kappa shape index (κ3) is 3.76. The Morgan fingerprint density at radius 3 is 2.97 bits per heavy atom. The predicted molar refractivity (Wildman–Crippen MR) is 119 cm³/mol. The lowest BCUT2D eigenvalue weighted by Gasteiger charge is -2.15. The number of aryl methyl sites for hydroxylation is 2. The molecule has 3 aromatic rings. The summed E-state index contributed by atoms with van der Waals surface area (Å²) in [6.07, 6.45) is 3.06. The van der Waals surface area contributed by atoms with Crippen molar-refractivity contribution in [2.24, 2.45) is 7.05 Å². The van der Waals surface area contributed by atoms with E-state index < -0.39 is 5.25 Å². The zero-order valence-electron chi connectivity index (χ0n) is 16.2. The van der Waals surface area contributed by atoms with E-state index in [0.29, 0.717) is 21.6 Å². The number of ether oxygens (including phenoxy) is 1. The quantitative estimate of drug-likeness (QED) is 0.465. The summed E-state index contributed by atoms with van der Waals surface area (Å²) in [7, 11) is 3.24. The first-order chi connectivity index (χ1) is 13.9. The molecule has 4 rings (SSSR count). The molecule has 1 N–H and O–H groups in total. The Balaban J connectivity index is 1.58. The van der Waals surface area contributed by atoms with Gasteiger partial charge in [-0.05, 0) is 49.9 Å². The van der Waals surface area contributed by atoms with Crippen molar-refractivity contribution in [1.82, 2.24) is 9.55 Å². The topological polar surface area (TPSA) is 73.2 Å². The second kappa shape index (κ2) is 8.01. The minimum atomic E-state index is -0.471. The van der Waals surface area contributed by atoms with Crippen LogP contribution in [0.5, 0.6) is 5.75 Å². The number of thiophene rings is 1. The van der Waals surface area contributed by atoms with Crippen LogP contribution in [0.15, 0.2) is 28.2 Å². The van der Waals surface area contributed by atoms with Crippen LogP contribution >= 0.6 is 34.7 Å². The van der Waals surface area contributed by atoms with Crippen LogP contribution in [-0.2, 0) is 24.7 Å². The van der Waals surface area contributed by atoms with Gasteiger partial charge in [-0.3, -0.25) is 14.2 Å². The van der Waals surface area contributed by atoms with Gasteiger partial charge >= 0.3 is 0 Å². The molecule has 1 amide bonds. The van der Waals surface area contributed by atoms with Gasteiger partial charge in [0.25, 0.3) is 5.56 Å². The van der Waals surface area contributed by atoms with Gasteiger partial charge in [0.05, 0.1) is 23.4 Å². The van der Waals surface area contributed by atoms with E-state index in [1.54, 1.807) is 48.1 Å². The fraction of sp³-hybridized carbons (Fsp3) is 0.350. The number of aromatic nitrogens is 2. The number of thioether (sulfide) groups is 1. The first-order valence-electron chi connectivity index (χ1n) is 9.21. The van der Waals surface area contributed by atoms with Gasteiger partial charge < -0.3 is 10.1 Å². The number of anilines is 1. The molecule has 1 aliphatic carbocycles. The Kier molecular flexibility index (Phi) is 5.59. The van der Waals surface area contributed by atoms with Gasteiger partial charge in [-0.15, -0.1) is 11.3 Å². The molecule has 0 saturated heterocycles. The van der Waals surface area contributed by atoms with Crippen LogP contribution in [0.4, 0.5) is 5.69 Å². The van der Waals surface area contributed by atoms with Crippen LogP contribution in [0.3, 0.4) is 0 Å². The van der Waals surface area contributed by atoms with Gasteiger partial charge in [0.15, 0.2) is 5.16 Å². The number of hydrogen-bond donors (Lipinski definition) is 1. The number of fused-ring (bicyclic) bond motifs is 3. The van der Waals surface area contributed by atoms with E-state index in [9.17, 15) is 9.59 Å². The molecule has 1 unspecified atom stereocenters. The molecular formula is C20H20ClN3O3S2. The van der Waals surface area contributed by atoms with Gasteiger partial charge in [0, 0.05) is 16.9 Å². The van der Waals surface area contributed by atoms with E-state index in [4.69, 9.17) is 21.3 Å². The summed E-state index contributed by atoms with van der Waals surface area (Å²) < 4.78 is 6.82. The van der Waals surface area contributed by atoms with Crippen LogP contribution in [0.2, 0.25) is 5.02 Å². The molecule has 0 fully saturated rings. The molecule has 2 heterocycles. The Morgan fingerprint density at radius 1 is 1.41 bits per heavy atom. The van der Waals surface area contributed by atoms with Gasteiger partial charge in [-0.2, -0.15) is 0 Å². The fourth-order valence-electron chi connectivity index (χ4n) is 3.43. The molecule has 2 aromatic heterocycles. The Hall–Kier alpha value is -2.03. The summed E-state index contributed by atoms with van der Waals surface area (Å²) in [5.41, 5.74) is 1.62. The van der Waals surface area contributed by atoms with E-state index in [1.807, 2.05) is 0 Å². The van der Waals surface area contributed by atoms with Crippen LogP contribution in [0.1, 0.15) is 23.8 Å². The summed E-state index contributed by atoms with van der Waals surface area (Å²) in [5, 5.41) is 4.15. The lowest BCUT2D eigenvalue weighted by Crippen LogP contribution is -2.25. The molecular weight excluding hydrogens is 430 g/mol. The number of carbonyl (C=O) groups is 1. The van der Waals surface area contributed by atoms with Crippen LogP contribution in [0, 0.1) is 0 Å². The highest BCUT2D eigenvalue weighted by molar-refractivity contribution is 8.00. The minimum absolute atomic E-state index is 0.0407. The highest BCUT2D eigenvalue weighted by Gasteiger charge is 2.24. The second-order valence-electron chi connectivity index (χ2n) is 6.89. The monoisotopic (exact) mass is 449 g/mol. The molecule has 0 spiro atoms. The number of nitrogens with one attached hydrogen (secondary N) is 1. The Labute approximate surface area is 181 Å². The number of amides is 1. The van der Waals surface area contributed by atoms with Crippen molar-refractivity contribution in [1.29, 1.82) is 0 Å². The average Bonchev–Trinajstić information content (AvgIpc) is 3.26. The van der Waals surface area contributed by atoms with Crippen molar-refractivity contribution < 1.29 is 9.53 Å². The number of rotatable bonds is 5. The number of benzene rings is 1. The van der Waals surface area contributed by atoms with Crippen LogP contribution < -0.4 is 15.6 Å². The molecule has 29 heavy (non-hydrogen) atoms. The van der Waals surface area contributed by atoms with Gasteiger partial charge in [0.1, 0.15) is 10.6 Å². The maximum atomic E-state index is 12.9. The van der Waals surface area contributed by atoms with E-state index in [2.05, 4.69) is 5.32 Å². The maximum absolute atomic E-state index is 12.9. The maximum Gasteiger partial charge on any atom is 0.262 e. The predicted octanol–water partition coefficient (Wildman–Crippen LogP) is 4.27. The SMILES string of the molecule is COc1ccc(Cl)cc1NC(=O)C(C)Sc1nc2sc3c(c2c(=O)n1C)CCC3. The molecule has 1 aromatic carbocycles. The van der Waals surface area contributed by atoms with Crippen molar-refractivity contribution in [2.45, 2.75) is 36.6 Å². The number of methoxy groups -OCH3 is 1. The third-order valence-electron chi connectivity index (χ3n) is 4.98. The smallest absolute Gasteiger partial charge is 0.262 e. The Morgan fingerprint density at radius 2 is 2.21 bits per heavy atom. The molecule has 0 radical (unpaired) electrons. The lowest BCUT2D eigenvalue weighted by atomic mass is 10.2. The lowest BCUT2D eigenvalue weighted by molar-refractivity contribution is -0.115. The van der Waals surface area contributed by atoms with Crippen molar-refractivity contribution in [2.75, 3.05) is 12.4 Å². The minimum Gasteiger partial charge on any atom is -0.495 e. The number of halogens is 1. The van der Waals surface area contributed by atoms with E-state index >= 15 is 0 Å². The number of nitrogens with zero attached hydrogens (tertiary/aromatic N) is 2. The van der Waals surface area contributed by atoms with Gasteiger partial charge in [0.2, 0.25) is 5.91 Å². The first-order valence-corrected chi connectivity index (χ1v) is 11.3. The molecule has 0 aliphatic heterocycles. The number of hydrogen-bond acceptors (Lipinski definition) is 6. The summed E-state index contributed by atoms with van der Waals surface area (Å²) in [4.78, 5) is 32.4. The highest BCUT2D eigenvalue weighted by atomic mass is 35.5. The molecule has 1 atom stereocenters. The van der Waals surface area contributed by atoms with Crippen LogP contribution in [-0.4, -0.2) is 27.8 Å². The van der Waals surface area contributed by atoms with Gasteiger partial charge in [-0.25, -0.2) is 4.98 Å². The molecule has 1 aliphatic rings. The third-order valence-corrected chi connectivity index (χ3v) is 7.54. The zero-order valence-corrected chi connectivity index (χ0v) is 18.6.